The summed E-state index contributed by atoms with van der Waals surface area (Å²) in [6, 6.07) is 0. The molecule has 0 spiro atoms. The Balaban J connectivity index is 3.13. The fraction of sp³-hybridized carbons (Fsp3) is 0.333. The van der Waals surface area contributed by atoms with Crippen LogP contribution in [-0.2, 0) is 0 Å². The molecule has 0 heterocycles. The van der Waals surface area contributed by atoms with Crippen LogP contribution in [0.3, 0.4) is 0 Å². The molecular weight excluding hydrogens is 216 g/mol. The monoisotopic (exact) mass is 220 g/mol. The summed E-state index contributed by atoms with van der Waals surface area (Å²) in [7, 11) is 0. The Labute approximate surface area is 82.6 Å². The van der Waals surface area contributed by atoms with Gasteiger partial charge >= 0.3 is 5.72 Å². The molecule has 1 N–H and O–H groups in total. The van der Waals surface area contributed by atoms with Crippen molar-refractivity contribution in [3.63, 3.8) is 0 Å². The number of aliphatic hydroxyl groups is 1. The highest BCUT2D eigenvalue weighted by atomic mass is 35.5. The van der Waals surface area contributed by atoms with Crippen LogP contribution in [-0.4, -0.2) is 20.7 Å². The smallest absolute Gasteiger partial charge is 0.327 e. The first-order valence-corrected chi connectivity index (χ1v) is 3.85. The number of nitro groups is 2. The van der Waals surface area contributed by atoms with Gasteiger partial charge in [-0.2, -0.15) is 0 Å². The summed E-state index contributed by atoms with van der Waals surface area (Å²) in [6.07, 6.45) is 1.20. The fourth-order valence-electron chi connectivity index (χ4n) is 0.958. The van der Waals surface area contributed by atoms with Crippen LogP contribution in [0.15, 0.2) is 22.9 Å². The van der Waals surface area contributed by atoms with Crippen molar-refractivity contribution in [1.29, 1.82) is 0 Å². The Bertz CT molecular complexity index is 363. The molecule has 1 unspecified atom stereocenters. The van der Waals surface area contributed by atoms with Gasteiger partial charge < -0.3 is 5.11 Å². The van der Waals surface area contributed by atoms with Crippen molar-refractivity contribution in [3.05, 3.63) is 43.1 Å². The van der Waals surface area contributed by atoms with Crippen molar-refractivity contribution in [3.8, 4) is 0 Å². The maximum Gasteiger partial charge on any atom is 0.352 e. The quantitative estimate of drug-likeness (QED) is 0.417. The fourth-order valence-corrected chi connectivity index (χ4v) is 1.16. The summed E-state index contributed by atoms with van der Waals surface area (Å²) in [5, 5.41) is 29.8. The SMILES string of the molecule is O=[N+]([O-])C1=CC(O)([N+](=O)[O-])CC=C1Cl. The van der Waals surface area contributed by atoms with E-state index in [0.717, 1.165) is 6.08 Å². The van der Waals surface area contributed by atoms with E-state index in [1.165, 1.54) is 0 Å². The van der Waals surface area contributed by atoms with Gasteiger partial charge in [-0.05, 0) is 6.08 Å². The van der Waals surface area contributed by atoms with E-state index < -0.39 is 21.3 Å². The molecule has 7 nitrogen and oxygen atoms in total. The third-order valence-corrected chi connectivity index (χ3v) is 2.06. The second-order valence-electron chi connectivity index (χ2n) is 2.68. The van der Waals surface area contributed by atoms with E-state index >= 15 is 0 Å². The molecule has 0 fully saturated rings. The lowest BCUT2D eigenvalue weighted by molar-refractivity contribution is -0.608. The van der Waals surface area contributed by atoms with Gasteiger partial charge in [0.1, 0.15) is 11.1 Å². The molecule has 1 aliphatic rings. The number of hydrogen-bond acceptors (Lipinski definition) is 5. The summed E-state index contributed by atoms with van der Waals surface area (Å²) < 4.78 is 0. The molecule has 8 heteroatoms. The molecule has 0 aromatic rings. The molecule has 1 atom stereocenters. The standard InChI is InChI=1S/C6H5ClN2O5/c7-4-1-2-6(10,9(13)14)3-5(4)8(11)12/h1,3,10H,2H2. The highest BCUT2D eigenvalue weighted by Crippen LogP contribution is 2.28. The topological polar surface area (TPSA) is 107 Å². The largest absolute Gasteiger partial charge is 0.352 e. The van der Waals surface area contributed by atoms with Gasteiger partial charge in [-0.25, -0.2) is 0 Å². The molecule has 0 radical (unpaired) electrons. The molecule has 0 amide bonds. The average molecular weight is 221 g/mol. The number of nitrogens with zero attached hydrogens (tertiary/aromatic N) is 2. The summed E-state index contributed by atoms with van der Waals surface area (Å²) in [5.74, 6) is 0. The van der Waals surface area contributed by atoms with Crippen molar-refractivity contribution in [1.82, 2.24) is 0 Å². The van der Waals surface area contributed by atoms with E-state index in [4.69, 9.17) is 11.6 Å². The van der Waals surface area contributed by atoms with Crippen LogP contribution in [0.4, 0.5) is 0 Å². The van der Waals surface area contributed by atoms with Gasteiger partial charge in [-0.15, -0.1) is 0 Å². The molecule has 0 aromatic carbocycles. The molecule has 0 saturated heterocycles. The first-order valence-electron chi connectivity index (χ1n) is 3.47. The first kappa shape index (κ1) is 10.6. The average Bonchev–Trinajstić information content (AvgIpc) is 2.09. The highest BCUT2D eigenvalue weighted by molar-refractivity contribution is 6.31. The Kier molecular flexibility index (Phi) is 2.54. The van der Waals surface area contributed by atoms with Crippen LogP contribution >= 0.6 is 11.6 Å². The van der Waals surface area contributed by atoms with E-state index in [9.17, 15) is 25.3 Å². The van der Waals surface area contributed by atoms with Crippen LogP contribution in [0.5, 0.6) is 0 Å². The molecule has 0 saturated carbocycles. The zero-order chi connectivity index (χ0) is 10.9. The number of hydrogen-bond donors (Lipinski definition) is 1. The van der Waals surface area contributed by atoms with Gasteiger partial charge in [0.05, 0.1) is 16.3 Å². The van der Waals surface area contributed by atoms with E-state index in [1.807, 2.05) is 0 Å². The molecule has 0 aliphatic heterocycles. The lowest BCUT2D eigenvalue weighted by Gasteiger charge is -2.16. The minimum atomic E-state index is -2.43. The van der Waals surface area contributed by atoms with Gasteiger partial charge in [0.2, 0.25) is 0 Å². The summed E-state index contributed by atoms with van der Waals surface area (Å²) >= 11 is 5.43. The maximum atomic E-state index is 10.4. The summed E-state index contributed by atoms with van der Waals surface area (Å²) in [5.41, 5.74) is -3.09. The van der Waals surface area contributed by atoms with Crippen molar-refractivity contribution < 1.29 is 15.0 Å². The highest BCUT2D eigenvalue weighted by Gasteiger charge is 2.43. The molecule has 0 bridgehead atoms. The van der Waals surface area contributed by atoms with Gasteiger partial charge in [0.15, 0.2) is 0 Å². The second kappa shape index (κ2) is 3.35. The first-order chi connectivity index (χ1) is 6.37. The van der Waals surface area contributed by atoms with E-state index in [0.29, 0.717) is 6.08 Å². The molecule has 76 valence electrons. The number of rotatable bonds is 2. The van der Waals surface area contributed by atoms with Gasteiger partial charge in [0.25, 0.3) is 5.70 Å². The summed E-state index contributed by atoms with van der Waals surface area (Å²) in [4.78, 5) is 18.8. The Morgan fingerprint density at radius 1 is 1.50 bits per heavy atom. The molecule has 14 heavy (non-hydrogen) atoms. The number of allylic oxidation sites excluding steroid dienone is 1. The zero-order valence-electron chi connectivity index (χ0n) is 6.71. The van der Waals surface area contributed by atoms with Crippen LogP contribution in [0, 0.1) is 20.2 Å². The van der Waals surface area contributed by atoms with Crippen molar-refractivity contribution in [2.24, 2.45) is 0 Å². The minimum absolute atomic E-state index is 0.207. The third kappa shape index (κ3) is 1.73. The maximum absolute atomic E-state index is 10.4. The van der Waals surface area contributed by atoms with E-state index in [-0.39, 0.29) is 11.5 Å². The van der Waals surface area contributed by atoms with Crippen LogP contribution in [0.25, 0.3) is 0 Å². The Hall–Kier alpha value is -1.47. The predicted molar refractivity (Wildman–Crippen MR) is 45.6 cm³/mol. The van der Waals surface area contributed by atoms with Crippen LogP contribution in [0.1, 0.15) is 6.42 Å². The molecule has 1 aliphatic carbocycles. The van der Waals surface area contributed by atoms with Gasteiger partial charge in [-0.1, -0.05) is 11.6 Å². The van der Waals surface area contributed by atoms with Crippen molar-refractivity contribution >= 4 is 11.6 Å². The van der Waals surface area contributed by atoms with Crippen molar-refractivity contribution in [2.75, 3.05) is 0 Å². The predicted octanol–water partition coefficient (Wildman–Crippen LogP) is 0.639. The zero-order valence-corrected chi connectivity index (χ0v) is 7.47. The Morgan fingerprint density at radius 2 is 2.07 bits per heavy atom. The van der Waals surface area contributed by atoms with E-state index in [2.05, 4.69) is 0 Å². The van der Waals surface area contributed by atoms with Gasteiger partial charge in [0, 0.05) is 0 Å². The number of halogens is 1. The molecule has 1 rings (SSSR count). The lowest BCUT2D eigenvalue weighted by Crippen LogP contribution is -2.37. The van der Waals surface area contributed by atoms with E-state index in [1.54, 1.807) is 0 Å². The lowest BCUT2D eigenvalue weighted by atomic mass is 10.0. The van der Waals surface area contributed by atoms with Crippen LogP contribution in [0.2, 0.25) is 0 Å². The Morgan fingerprint density at radius 3 is 2.50 bits per heavy atom. The minimum Gasteiger partial charge on any atom is -0.327 e. The van der Waals surface area contributed by atoms with Crippen molar-refractivity contribution in [2.45, 2.75) is 12.1 Å². The molecular formula is C6H5ClN2O5. The second-order valence-corrected chi connectivity index (χ2v) is 3.09. The van der Waals surface area contributed by atoms with Gasteiger partial charge in [-0.3, -0.25) is 20.2 Å². The third-order valence-electron chi connectivity index (χ3n) is 1.71. The van der Waals surface area contributed by atoms with Crippen LogP contribution < -0.4 is 0 Å². The summed E-state index contributed by atoms with van der Waals surface area (Å²) in [6.45, 7) is 0. The molecule has 0 aromatic heterocycles. The normalized spacial score (nSPS) is 26.4.